The monoisotopic (exact) mass is 609 g/mol. The number of amides is 2. The van der Waals surface area contributed by atoms with Gasteiger partial charge in [-0.05, 0) is 89.8 Å². The van der Waals surface area contributed by atoms with Gasteiger partial charge in [-0.2, -0.15) is 0 Å². The summed E-state index contributed by atoms with van der Waals surface area (Å²) < 4.78 is 6.01. The second kappa shape index (κ2) is 14.9. The molecule has 0 spiro atoms. The zero-order valence-corrected chi connectivity index (χ0v) is 27.2. The molecule has 0 bridgehead atoms. The van der Waals surface area contributed by atoms with Crippen molar-refractivity contribution < 1.29 is 19.1 Å². The molecule has 4 atom stereocenters. The third-order valence-electron chi connectivity index (χ3n) is 10.7. The largest absolute Gasteiger partial charge is 0.460 e. The Morgan fingerprint density at radius 1 is 0.711 bits per heavy atom. The Morgan fingerprint density at radius 2 is 1.27 bits per heavy atom. The van der Waals surface area contributed by atoms with E-state index in [1.165, 1.54) is 75.5 Å². The predicted octanol–water partition coefficient (Wildman–Crippen LogP) is 10.2. The number of carbonyl (C=O) groups excluding carboxylic acids is 3. The molecular formula is C40H51NO4. The molecule has 5 nitrogen and oxygen atoms in total. The fraction of sp³-hybridized carbons (Fsp3) is 0.575. The number of esters is 1. The van der Waals surface area contributed by atoms with Crippen LogP contribution in [0.1, 0.15) is 143 Å². The topological polar surface area (TPSA) is 63.7 Å². The van der Waals surface area contributed by atoms with Crippen LogP contribution in [0, 0.1) is 11.8 Å². The van der Waals surface area contributed by atoms with E-state index in [1.54, 1.807) is 0 Å². The minimum atomic E-state index is -0.426. The number of rotatable bonds is 16. The van der Waals surface area contributed by atoms with Crippen molar-refractivity contribution >= 4 is 39.3 Å². The molecular weight excluding hydrogens is 558 g/mol. The summed E-state index contributed by atoms with van der Waals surface area (Å²) in [6.07, 6.45) is 20.2. The van der Waals surface area contributed by atoms with Crippen molar-refractivity contribution in [2.75, 3.05) is 0 Å². The molecule has 0 unspecified atom stereocenters. The molecule has 3 aromatic carbocycles. The van der Waals surface area contributed by atoms with Gasteiger partial charge >= 0.3 is 5.97 Å². The van der Waals surface area contributed by atoms with Gasteiger partial charge in [-0.25, -0.2) is 0 Å². The van der Waals surface area contributed by atoms with Crippen LogP contribution < -0.4 is 0 Å². The first-order chi connectivity index (χ1) is 22.0. The van der Waals surface area contributed by atoms with Crippen molar-refractivity contribution in [3.05, 3.63) is 59.7 Å². The van der Waals surface area contributed by atoms with Crippen LogP contribution in [0.25, 0.3) is 21.5 Å². The van der Waals surface area contributed by atoms with E-state index >= 15 is 0 Å². The number of ether oxygens (including phenoxy) is 1. The van der Waals surface area contributed by atoms with Crippen LogP contribution in [0.3, 0.4) is 0 Å². The van der Waals surface area contributed by atoms with E-state index in [0.717, 1.165) is 59.1 Å². The molecule has 2 saturated carbocycles. The first-order valence-corrected chi connectivity index (χ1v) is 18.1. The summed E-state index contributed by atoms with van der Waals surface area (Å²) in [5.41, 5.74) is 0.915. The highest BCUT2D eigenvalue weighted by Crippen LogP contribution is 2.46. The van der Waals surface area contributed by atoms with Crippen LogP contribution in [-0.2, 0) is 9.53 Å². The average Bonchev–Trinajstić information content (AvgIpc) is 3.76. The smallest absolute Gasteiger partial charge is 0.306 e. The maximum absolute atomic E-state index is 13.7. The van der Waals surface area contributed by atoms with Gasteiger partial charge in [0.25, 0.3) is 11.8 Å². The SMILES string of the molecule is CCCCCCCCCC[C@@H]1C[C@@H]1CCCCC(=O)O[C@@H]1CCCC[C@H]1N1C(=O)c2cc3cc4ccccc4cc3cc2C1=O. The van der Waals surface area contributed by atoms with E-state index in [0.29, 0.717) is 30.4 Å². The van der Waals surface area contributed by atoms with Gasteiger partial charge < -0.3 is 4.74 Å². The molecule has 2 fully saturated rings. The number of benzene rings is 3. The standard InChI is InChI=1S/C40H51NO4/c1-2-3-4-5-6-7-8-9-16-28-23-29(28)19-12-15-22-38(42)45-37-21-14-13-20-36(37)41-39(43)34-26-32-24-30-17-10-11-18-31(30)25-33(32)27-35(34)40(41)44/h10-11,17-18,24-29,36-37H,2-9,12-16,19-23H2,1H3/t28-,29+,36-,37-/m1/s1. The Hall–Kier alpha value is -3.21. The van der Waals surface area contributed by atoms with E-state index in [2.05, 4.69) is 31.2 Å². The number of carbonyl (C=O) groups is 3. The Balaban J connectivity index is 0.957. The average molecular weight is 610 g/mol. The number of hydrogen-bond acceptors (Lipinski definition) is 4. The molecule has 3 aromatic rings. The van der Waals surface area contributed by atoms with Crippen LogP contribution in [0.5, 0.6) is 0 Å². The summed E-state index contributed by atoms with van der Waals surface area (Å²) in [6, 6.07) is 15.6. The van der Waals surface area contributed by atoms with Gasteiger partial charge in [-0.15, -0.1) is 0 Å². The molecule has 2 aliphatic carbocycles. The molecule has 6 rings (SSSR count). The summed E-state index contributed by atoms with van der Waals surface area (Å²) in [5, 5.41) is 4.11. The molecule has 0 aromatic heterocycles. The summed E-state index contributed by atoms with van der Waals surface area (Å²) >= 11 is 0. The Labute approximate surface area is 269 Å². The molecule has 5 heteroatoms. The lowest BCUT2D eigenvalue weighted by molar-refractivity contribution is -0.153. The van der Waals surface area contributed by atoms with Gasteiger partial charge in [0, 0.05) is 6.42 Å². The third-order valence-corrected chi connectivity index (χ3v) is 10.7. The number of fused-ring (bicyclic) bond motifs is 3. The second-order valence-corrected chi connectivity index (χ2v) is 14.1. The van der Waals surface area contributed by atoms with Crippen molar-refractivity contribution in [1.29, 1.82) is 0 Å². The molecule has 0 N–H and O–H groups in total. The highest BCUT2D eigenvalue weighted by atomic mass is 16.5. The summed E-state index contributed by atoms with van der Waals surface area (Å²) in [4.78, 5) is 41.7. The molecule has 0 saturated heterocycles. The highest BCUT2D eigenvalue weighted by Gasteiger charge is 2.45. The number of hydrogen-bond donors (Lipinski definition) is 0. The van der Waals surface area contributed by atoms with Crippen molar-refractivity contribution in [1.82, 2.24) is 4.90 Å². The molecule has 240 valence electrons. The number of imide groups is 1. The van der Waals surface area contributed by atoms with E-state index in [9.17, 15) is 14.4 Å². The van der Waals surface area contributed by atoms with Gasteiger partial charge in [-0.1, -0.05) is 108 Å². The fourth-order valence-corrected chi connectivity index (χ4v) is 7.97. The molecule has 45 heavy (non-hydrogen) atoms. The van der Waals surface area contributed by atoms with Crippen molar-refractivity contribution in [3.8, 4) is 0 Å². The molecule has 1 aliphatic heterocycles. The van der Waals surface area contributed by atoms with Crippen LogP contribution in [0.4, 0.5) is 0 Å². The van der Waals surface area contributed by atoms with Crippen molar-refractivity contribution in [3.63, 3.8) is 0 Å². The van der Waals surface area contributed by atoms with Gasteiger partial charge in [0.1, 0.15) is 6.10 Å². The first kappa shape index (κ1) is 31.8. The zero-order valence-electron chi connectivity index (χ0n) is 27.2. The zero-order chi connectivity index (χ0) is 31.2. The van der Waals surface area contributed by atoms with Gasteiger partial charge in [0.15, 0.2) is 0 Å². The first-order valence-electron chi connectivity index (χ1n) is 18.1. The van der Waals surface area contributed by atoms with Crippen LogP contribution in [0.2, 0.25) is 0 Å². The third kappa shape index (κ3) is 7.61. The van der Waals surface area contributed by atoms with Crippen LogP contribution >= 0.6 is 0 Å². The molecule has 1 heterocycles. The Morgan fingerprint density at radius 3 is 1.89 bits per heavy atom. The van der Waals surface area contributed by atoms with Crippen LogP contribution in [0.15, 0.2) is 48.5 Å². The highest BCUT2D eigenvalue weighted by molar-refractivity contribution is 6.23. The Kier molecular flexibility index (Phi) is 10.5. The number of unbranched alkanes of at least 4 members (excludes halogenated alkanes) is 8. The number of nitrogens with zero attached hydrogens (tertiary/aromatic N) is 1. The minimum absolute atomic E-state index is 0.188. The molecule has 2 amide bonds. The lowest BCUT2D eigenvalue weighted by Gasteiger charge is -2.36. The van der Waals surface area contributed by atoms with Crippen LogP contribution in [-0.4, -0.2) is 34.8 Å². The normalized spacial score (nSPS) is 22.7. The van der Waals surface area contributed by atoms with Gasteiger partial charge in [-0.3, -0.25) is 19.3 Å². The van der Waals surface area contributed by atoms with Gasteiger partial charge in [0.2, 0.25) is 0 Å². The maximum atomic E-state index is 13.7. The lowest BCUT2D eigenvalue weighted by Crippen LogP contribution is -2.49. The van der Waals surface area contributed by atoms with E-state index in [-0.39, 0.29) is 17.8 Å². The van der Waals surface area contributed by atoms with Gasteiger partial charge in [0.05, 0.1) is 17.2 Å². The predicted molar refractivity (Wildman–Crippen MR) is 181 cm³/mol. The van der Waals surface area contributed by atoms with Crippen molar-refractivity contribution in [2.45, 2.75) is 135 Å². The van der Waals surface area contributed by atoms with E-state index in [4.69, 9.17) is 4.74 Å². The van der Waals surface area contributed by atoms with E-state index < -0.39 is 12.1 Å². The minimum Gasteiger partial charge on any atom is -0.460 e. The van der Waals surface area contributed by atoms with Crippen molar-refractivity contribution in [2.24, 2.45) is 11.8 Å². The summed E-state index contributed by atoms with van der Waals surface area (Å²) in [7, 11) is 0. The quantitative estimate of drug-likeness (QED) is 0.0701. The fourth-order valence-electron chi connectivity index (χ4n) is 7.97. The second-order valence-electron chi connectivity index (χ2n) is 14.1. The Bertz CT molecular complexity index is 1440. The summed E-state index contributed by atoms with van der Waals surface area (Å²) in [6.45, 7) is 2.27. The summed E-state index contributed by atoms with van der Waals surface area (Å²) in [5.74, 6) is 1.06. The molecule has 3 aliphatic rings. The van der Waals surface area contributed by atoms with E-state index in [1.807, 2.05) is 24.3 Å². The molecule has 0 radical (unpaired) electrons. The maximum Gasteiger partial charge on any atom is 0.306 e. The lowest BCUT2D eigenvalue weighted by atomic mass is 9.91.